The highest BCUT2D eigenvalue weighted by Crippen LogP contribution is 2.26. The van der Waals surface area contributed by atoms with Gasteiger partial charge < -0.3 is 15.0 Å². The summed E-state index contributed by atoms with van der Waals surface area (Å²) < 4.78 is 7.28. The van der Waals surface area contributed by atoms with Gasteiger partial charge in [0.25, 0.3) is 0 Å². The van der Waals surface area contributed by atoms with E-state index in [0.717, 1.165) is 43.2 Å². The molecule has 0 spiro atoms. The molecule has 5 heterocycles. The van der Waals surface area contributed by atoms with E-state index in [0.29, 0.717) is 41.7 Å². The van der Waals surface area contributed by atoms with Gasteiger partial charge in [-0.25, -0.2) is 19.6 Å². The molecule has 0 amide bonds. The van der Waals surface area contributed by atoms with E-state index in [-0.39, 0.29) is 6.04 Å². The van der Waals surface area contributed by atoms with Gasteiger partial charge in [0, 0.05) is 25.3 Å². The molecule has 37 heavy (non-hydrogen) atoms. The van der Waals surface area contributed by atoms with Crippen molar-refractivity contribution in [3.05, 3.63) is 66.0 Å². The highest BCUT2D eigenvalue weighted by atomic mass is 16.5. The summed E-state index contributed by atoms with van der Waals surface area (Å²) in [6.45, 7) is 3.96. The molecule has 0 radical (unpaired) electrons. The molecule has 186 valence electrons. The molecule has 10 heteroatoms. The van der Waals surface area contributed by atoms with Gasteiger partial charge in [0.15, 0.2) is 0 Å². The van der Waals surface area contributed by atoms with Gasteiger partial charge in [-0.1, -0.05) is 23.4 Å². The van der Waals surface area contributed by atoms with Crippen molar-refractivity contribution in [2.24, 2.45) is 0 Å². The molecule has 1 atom stereocenters. The highest BCUT2D eigenvalue weighted by Gasteiger charge is 2.19. The summed E-state index contributed by atoms with van der Waals surface area (Å²) in [6, 6.07) is 17.7. The van der Waals surface area contributed by atoms with E-state index in [2.05, 4.69) is 32.7 Å². The average Bonchev–Trinajstić information content (AvgIpc) is 3.72. The first-order chi connectivity index (χ1) is 18.2. The molecule has 0 aliphatic carbocycles. The number of ether oxygens (including phenoxy) is 1. The standard InChI is InChI=1S/C27H27N9O/c28-15-19-5-3-6-20(13-19)23-14-24(32-27(31-23)30-22-9-12-37-18-22)25-17-36(34-33-25)16-21-7-4-8-26(29-21)35-10-1-2-11-35/h3-8,13-14,17,22H,1-2,9-12,16,18H2,(H,30,31,32). The third-order valence-electron chi connectivity index (χ3n) is 6.62. The topological polar surface area (TPSA) is 118 Å². The molecule has 1 unspecified atom stereocenters. The first-order valence-corrected chi connectivity index (χ1v) is 12.6. The summed E-state index contributed by atoms with van der Waals surface area (Å²) in [7, 11) is 0. The molecule has 10 nitrogen and oxygen atoms in total. The monoisotopic (exact) mass is 493 g/mol. The molecule has 6 rings (SSSR count). The maximum absolute atomic E-state index is 9.35. The average molecular weight is 494 g/mol. The summed E-state index contributed by atoms with van der Waals surface area (Å²) in [4.78, 5) is 16.6. The third-order valence-corrected chi connectivity index (χ3v) is 6.62. The smallest absolute Gasteiger partial charge is 0.224 e. The van der Waals surface area contributed by atoms with Gasteiger partial charge in [0.05, 0.1) is 54.1 Å². The van der Waals surface area contributed by atoms with Crippen molar-refractivity contribution in [2.75, 3.05) is 36.5 Å². The Morgan fingerprint density at radius 3 is 2.70 bits per heavy atom. The maximum Gasteiger partial charge on any atom is 0.224 e. The van der Waals surface area contributed by atoms with Gasteiger partial charge in [-0.05, 0) is 49.6 Å². The van der Waals surface area contributed by atoms with E-state index in [1.165, 1.54) is 12.8 Å². The Bertz CT molecular complexity index is 1430. The second kappa shape index (κ2) is 10.3. The number of benzene rings is 1. The lowest BCUT2D eigenvalue weighted by atomic mass is 10.1. The lowest BCUT2D eigenvalue weighted by molar-refractivity contribution is 0.195. The van der Waals surface area contributed by atoms with E-state index in [1.54, 1.807) is 10.7 Å². The number of hydrogen-bond donors (Lipinski definition) is 1. The Balaban J connectivity index is 1.29. The van der Waals surface area contributed by atoms with Crippen LogP contribution in [0.3, 0.4) is 0 Å². The third kappa shape index (κ3) is 5.27. The molecule has 4 aromatic rings. The Labute approximate surface area is 215 Å². The van der Waals surface area contributed by atoms with Crippen molar-refractivity contribution in [1.29, 1.82) is 5.26 Å². The van der Waals surface area contributed by atoms with Crippen molar-refractivity contribution in [1.82, 2.24) is 29.9 Å². The molecule has 2 fully saturated rings. The summed E-state index contributed by atoms with van der Waals surface area (Å²) in [5, 5.41) is 21.5. The van der Waals surface area contributed by atoms with E-state index in [1.807, 2.05) is 42.6 Å². The minimum atomic E-state index is 0.151. The quantitative estimate of drug-likeness (QED) is 0.412. The molecule has 2 aliphatic heterocycles. The molecular formula is C27H27N9O. The summed E-state index contributed by atoms with van der Waals surface area (Å²) in [6.07, 6.45) is 5.20. The van der Waals surface area contributed by atoms with Crippen LogP contribution >= 0.6 is 0 Å². The van der Waals surface area contributed by atoms with Crippen LogP contribution in [0.25, 0.3) is 22.6 Å². The molecule has 0 bridgehead atoms. The molecule has 3 aromatic heterocycles. The van der Waals surface area contributed by atoms with E-state index in [4.69, 9.17) is 19.7 Å². The van der Waals surface area contributed by atoms with Gasteiger partial charge >= 0.3 is 0 Å². The fraction of sp³-hybridized carbons (Fsp3) is 0.333. The van der Waals surface area contributed by atoms with Crippen LogP contribution in [0.4, 0.5) is 11.8 Å². The number of nitrogens with zero attached hydrogens (tertiary/aromatic N) is 8. The van der Waals surface area contributed by atoms with E-state index < -0.39 is 0 Å². The molecular weight excluding hydrogens is 466 g/mol. The van der Waals surface area contributed by atoms with E-state index >= 15 is 0 Å². The van der Waals surface area contributed by atoms with E-state index in [9.17, 15) is 5.26 Å². The lowest BCUT2D eigenvalue weighted by Gasteiger charge is -2.16. The Hall–Kier alpha value is -4.36. The highest BCUT2D eigenvalue weighted by molar-refractivity contribution is 5.68. The largest absolute Gasteiger partial charge is 0.379 e. The Kier molecular flexibility index (Phi) is 6.44. The van der Waals surface area contributed by atoms with Crippen molar-refractivity contribution >= 4 is 11.8 Å². The number of anilines is 2. The number of nitriles is 1. The van der Waals surface area contributed by atoms with Crippen LogP contribution in [0.15, 0.2) is 54.7 Å². The van der Waals surface area contributed by atoms with Crippen molar-refractivity contribution < 1.29 is 4.74 Å². The van der Waals surface area contributed by atoms with Gasteiger partial charge in [-0.2, -0.15) is 5.26 Å². The lowest BCUT2D eigenvalue weighted by Crippen LogP contribution is -2.20. The molecule has 0 saturated carbocycles. The minimum absolute atomic E-state index is 0.151. The van der Waals surface area contributed by atoms with Gasteiger partial charge in [-0.15, -0.1) is 5.10 Å². The maximum atomic E-state index is 9.35. The zero-order valence-corrected chi connectivity index (χ0v) is 20.4. The van der Waals surface area contributed by atoms with Gasteiger partial charge in [0.1, 0.15) is 11.5 Å². The Morgan fingerprint density at radius 1 is 1.00 bits per heavy atom. The predicted molar refractivity (Wildman–Crippen MR) is 139 cm³/mol. The first-order valence-electron chi connectivity index (χ1n) is 12.6. The molecule has 1 aromatic carbocycles. The normalized spacial score (nSPS) is 17.2. The fourth-order valence-electron chi connectivity index (χ4n) is 4.71. The Morgan fingerprint density at radius 2 is 1.86 bits per heavy atom. The molecule has 1 N–H and O–H groups in total. The number of hydrogen-bond acceptors (Lipinski definition) is 9. The summed E-state index contributed by atoms with van der Waals surface area (Å²) >= 11 is 0. The zero-order valence-electron chi connectivity index (χ0n) is 20.4. The predicted octanol–water partition coefficient (Wildman–Crippen LogP) is 3.52. The van der Waals surface area contributed by atoms with Crippen LogP contribution in [-0.2, 0) is 11.3 Å². The number of aromatic nitrogens is 6. The van der Waals surface area contributed by atoms with Crippen LogP contribution < -0.4 is 10.2 Å². The fourth-order valence-corrected chi connectivity index (χ4v) is 4.71. The number of rotatable bonds is 7. The number of nitrogens with one attached hydrogen (secondary N) is 1. The molecule has 2 aliphatic rings. The second-order valence-electron chi connectivity index (χ2n) is 9.34. The minimum Gasteiger partial charge on any atom is -0.379 e. The number of pyridine rings is 1. The summed E-state index contributed by atoms with van der Waals surface area (Å²) in [5.41, 5.74) is 4.34. The van der Waals surface area contributed by atoms with Crippen LogP contribution in [0.5, 0.6) is 0 Å². The second-order valence-corrected chi connectivity index (χ2v) is 9.34. The van der Waals surface area contributed by atoms with Gasteiger partial charge in [0.2, 0.25) is 5.95 Å². The van der Waals surface area contributed by atoms with Crippen molar-refractivity contribution in [3.63, 3.8) is 0 Å². The van der Waals surface area contributed by atoms with Crippen LogP contribution in [0.1, 0.15) is 30.5 Å². The van der Waals surface area contributed by atoms with Crippen molar-refractivity contribution in [3.8, 4) is 28.7 Å². The SMILES string of the molecule is N#Cc1cccc(-c2cc(-c3cn(Cc4cccc(N5CCCC5)n4)nn3)nc(NC3CCOC3)n2)c1. The summed E-state index contributed by atoms with van der Waals surface area (Å²) in [5.74, 6) is 1.52. The van der Waals surface area contributed by atoms with Crippen LogP contribution in [-0.4, -0.2) is 62.3 Å². The molecule has 2 saturated heterocycles. The van der Waals surface area contributed by atoms with Crippen molar-refractivity contribution in [2.45, 2.75) is 31.8 Å². The van der Waals surface area contributed by atoms with Gasteiger partial charge in [-0.3, -0.25) is 0 Å². The first kappa shape index (κ1) is 23.1. The zero-order chi connectivity index (χ0) is 25.0. The van der Waals surface area contributed by atoms with Crippen LogP contribution in [0, 0.1) is 11.3 Å². The van der Waals surface area contributed by atoms with Crippen LogP contribution in [0.2, 0.25) is 0 Å².